The maximum Gasteiger partial charge on any atom is 0.0169 e. The molecule has 1 nitrogen and oxygen atoms in total. The van der Waals surface area contributed by atoms with Gasteiger partial charge in [0.25, 0.3) is 0 Å². The summed E-state index contributed by atoms with van der Waals surface area (Å²) in [6, 6.07) is 0.720. The summed E-state index contributed by atoms with van der Waals surface area (Å²) >= 11 is 7.38. The lowest BCUT2D eigenvalue weighted by molar-refractivity contribution is 0.595. The number of thioether (sulfide) groups is 1. The summed E-state index contributed by atoms with van der Waals surface area (Å²) in [7, 11) is 0. The van der Waals surface area contributed by atoms with Crippen LogP contribution in [0.3, 0.4) is 0 Å². The van der Waals surface area contributed by atoms with Gasteiger partial charge in [-0.25, -0.2) is 0 Å². The van der Waals surface area contributed by atoms with Gasteiger partial charge in [0, 0.05) is 23.9 Å². The number of halogens is 1. The first-order valence-corrected chi connectivity index (χ1v) is 5.09. The molecule has 10 heavy (non-hydrogen) atoms. The lowest BCUT2D eigenvalue weighted by atomic mass is 10.3. The third kappa shape index (κ3) is 2.95. The van der Waals surface area contributed by atoms with Crippen molar-refractivity contribution in [2.24, 2.45) is 0 Å². The largest absolute Gasteiger partial charge is 0.310 e. The molecule has 1 heterocycles. The van der Waals surface area contributed by atoms with Crippen molar-refractivity contribution in [3.05, 3.63) is 11.6 Å². The van der Waals surface area contributed by atoms with Crippen molar-refractivity contribution in [3.8, 4) is 0 Å². The van der Waals surface area contributed by atoms with E-state index in [0.29, 0.717) is 0 Å². The number of hydrogen-bond acceptors (Lipinski definition) is 2. The lowest BCUT2D eigenvalue weighted by Gasteiger charge is -2.07. The molecule has 1 aliphatic rings. The van der Waals surface area contributed by atoms with E-state index < -0.39 is 0 Å². The molecular weight excluding hydrogens is 166 g/mol. The van der Waals surface area contributed by atoms with Crippen LogP contribution in [0.1, 0.15) is 6.42 Å². The monoisotopic (exact) mass is 177 g/mol. The van der Waals surface area contributed by atoms with Gasteiger partial charge in [-0.05, 0) is 12.2 Å². The van der Waals surface area contributed by atoms with Crippen molar-refractivity contribution < 1.29 is 0 Å². The molecule has 0 aromatic carbocycles. The molecule has 1 N–H and O–H groups in total. The Kier molecular flexibility index (Phi) is 4.26. The predicted octanol–water partition coefficient (Wildman–Crippen LogP) is 1.83. The minimum absolute atomic E-state index is 0.720. The molecule has 0 bridgehead atoms. The summed E-state index contributed by atoms with van der Waals surface area (Å²) in [5.41, 5.74) is 1.56. The quantitative estimate of drug-likeness (QED) is 0.706. The van der Waals surface area contributed by atoms with E-state index in [1.807, 2.05) is 17.8 Å². The Hall–Kier alpha value is 0.340. The Morgan fingerprint density at radius 2 is 2.60 bits per heavy atom. The number of nitrogens with one attached hydrogen (secondary N) is 1. The van der Waals surface area contributed by atoms with Gasteiger partial charge in [-0.2, -0.15) is 11.8 Å². The van der Waals surface area contributed by atoms with Crippen molar-refractivity contribution in [2.75, 3.05) is 18.1 Å². The normalized spacial score (nSPS) is 26.3. The molecule has 1 unspecified atom stereocenters. The second-order valence-corrected chi connectivity index (χ2v) is 3.73. The van der Waals surface area contributed by atoms with E-state index in [-0.39, 0.29) is 0 Å². The van der Waals surface area contributed by atoms with Crippen LogP contribution in [0.25, 0.3) is 0 Å². The Balaban J connectivity index is 2.01. The van der Waals surface area contributed by atoms with Gasteiger partial charge in [-0.1, -0.05) is 17.7 Å². The molecule has 1 saturated heterocycles. The van der Waals surface area contributed by atoms with Crippen molar-refractivity contribution >= 4 is 23.4 Å². The van der Waals surface area contributed by atoms with E-state index in [1.54, 1.807) is 5.54 Å². The molecular formula is C7H12ClNS. The molecule has 1 aliphatic heterocycles. The molecule has 0 amide bonds. The minimum atomic E-state index is 0.720. The molecule has 0 saturated carbocycles. The summed E-state index contributed by atoms with van der Waals surface area (Å²) in [6.07, 6.45) is 3.24. The maximum atomic E-state index is 5.36. The second kappa shape index (κ2) is 5.05. The van der Waals surface area contributed by atoms with Crippen LogP contribution in [0, 0.1) is 0 Å². The molecule has 1 atom stereocenters. The zero-order chi connectivity index (χ0) is 7.23. The van der Waals surface area contributed by atoms with Crippen LogP contribution in [-0.4, -0.2) is 24.1 Å². The van der Waals surface area contributed by atoms with Crippen molar-refractivity contribution in [2.45, 2.75) is 12.5 Å². The van der Waals surface area contributed by atoms with Crippen molar-refractivity contribution in [1.29, 1.82) is 0 Å². The molecule has 3 heteroatoms. The zero-order valence-electron chi connectivity index (χ0n) is 5.85. The fourth-order valence-electron chi connectivity index (χ4n) is 0.975. The SMILES string of the molecule is Cl/C=C/CNC1CCSC1. The molecule has 0 radical (unpaired) electrons. The summed E-state index contributed by atoms with van der Waals surface area (Å²) in [4.78, 5) is 0. The van der Waals surface area contributed by atoms with Gasteiger partial charge in [0.05, 0.1) is 0 Å². The minimum Gasteiger partial charge on any atom is -0.310 e. The molecule has 1 fully saturated rings. The van der Waals surface area contributed by atoms with Crippen LogP contribution in [0.5, 0.6) is 0 Å². The predicted molar refractivity (Wildman–Crippen MR) is 48.7 cm³/mol. The summed E-state index contributed by atoms with van der Waals surface area (Å²) in [6.45, 7) is 0.911. The Morgan fingerprint density at radius 3 is 3.20 bits per heavy atom. The van der Waals surface area contributed by atoms with Crippen LogP contribution in [0.2, 0.25) is 0 Å². The first kappa shape index (κ1) is 8.44. The third-order valence-corrected chi connectivity index (χ3v) is 2.88. The first-order chi connectivity index (χ1) is 4.93. The third-order valence-electron chi connectivity index (χ3n) is 1.54. The highest BCUT2D eigenvalue weighted by Crippen LogP contribution is 2.16. The average molecular weight is 178 g/mol. The Bertz CT molecular complexity index is 110. The highest BCUT2D eigenvalue weighted by Gasteiger charge is 2.12. The van der Waals surface area contributed by atoms with Gasteiger partial charge >= 0.3 is 0 Å². The van der Waals surface area contributed by atoms with E-state index in [0.717, 1.165) is 12.6 Å². The van der Waals surface area contributed by atoms with E-state index in [1.165, 1.54) is 17.9 Å². The standard InChI is InChI=1S/C7H12ClNS/c8-3-1-4-9-7-2-5-10-6-7/h1,3,7,9H,2,4-6H2/b3-1+. The van der Waals surface area contributed by atoms with Crippen LogP contribution >= 0.6 is 23.4 Å². The Labute approximate surface area is 71.2 Å². The first-order valence-electron chi connectivity index (χ1n) is 3.50. The van der Waals surface area contributed by atoms with Gasteiger partial charge in [-0.3, -0.25) is 0 Å². The van der Waals surface area contributed by atoms with Crippen LogP contribution in [0.15, 0.2) is 11.6 Å². The number of hydrogen-bond donors (Lipinski definition) is 1. The molecule has 0 spiro atoms. The Morgan fingerprint density at radius 1 is 1.70 bits per heavy atom. The van der Waals surface area contributed by atoms with E-state index in [4.69, 9.17) is 11.6 Å². The molecule has 58 valence electrons. The van der Waals surface area contributed by atoms with Gasteiger partial charge in [0.15, 0.2) is 0 Å². The lowest BCUT2D eigenvalue weighted by Crippen LogP contribution is -2.28. The highest BCUT2D eigenvalue weighted by atomic mass is 35.5. The topological polar surface area (TPSA) is 12.0 Å². The van der Waals surface area contributed by atoms with Crippen molar-refractivity contribution in [1.82, 2.24) is 5.32 Å². The number of rotatable bonds is 3. The molecule has 0 aromatic heterocycles. The van der Waals surface area contributed by atoms with E-state index in [9.17, 15) is 0 Å². The van der Waals surface area contributed by atoms with Crippen LogP contribution < -0.4 is 5.32 Å². The zero-order valence-corrected chi connectivity index (χ0v) is 7.42. The van der Waals surface area contributed by atoms with Gasteiger partial charge in [0.1, 0.15) is 0 Å². The average Bonchev–Trinajstić information content (AvgIpc) is 2.41. The van der Waals surface area contributed by atoms with E-state index in [2.05, 4.69) is 5.32 Å². The highest BCUT2D eigenvalue weighted by molar-refractivity contribution is 7.99. The van der Waals surface area contributed by atoms with Gasteiger partial charge in [-0.15, -0.1) is 0 Å². The van der Waals surface area contributed by atoms with Crippen LogP contribution in [0.4, 0.5) is 0 Å². The summed E-state index contributed by atoms with van der Waals surface area (Å²) < 4.78 is 0. The summed E-state index contributed by atoms with van der Waals surface area (Å²) in [5, 5.41) is 3.39. The second-order valence-electron chi connectivity index (χ2n) is 2.33. The van der Waals surface area contributed by atoms with Crippen LogP contribution in [-0.2, 0) is 0 Å². The van der Waals surface area contributed by atoms with E-state index >= 15 is 0 Å². The summed E-state index contributed by atoms with van der Waals surface area (Å²) in [5.74, 6) is 2.57. The fourth-order valence-corrected chi connectivity index (χ4v) is 2.25. The van der Waals surface area contributed by atoms with Gasteiger partial charge < -0.3 is 5.32 Å². The van der Waals surface area contributed by atoms with Crippen molar-refractivity contribution in [3.63, 3.8) is 0 Å². The molecule has 0 aromatic rings. The smallest absolute Gasteiger partial charge is 0.0169 e. The fraction of sp³-hybridized carbons (Fsp3) is 0.714. The molecule has 1 rings (SSSR count). The van der Waals surface area contributed by atoms with Gasteiger partial charge in [0.2, 0.25) is 0 Å². The molecule has 0 aliphatic carbocycles. The maximum absolute atomic E-state index is 5.36.